The molecule has 2 saturated heterocycles. The Morgan fingerprint density at radius 2 is 2.08 bits per heavy atom. The lowest BCUT2D eigenvalue weighted by Crippen LogP contribution is -2.58. The number of benzene rings is 1. The molecular weight excluding hydrogens is 579 g/mol. The summed E-state index contributed by atoms with van der Waals surface area (Å²) in [7, 11) is 0. The van der Waals surface area contributed by atoms with E-state index in [1.807, 2.05) is 5.38 Å². The summed E-state index contributed by atoms with van der Waals surface area (Å²) in [6, 6.07) is 3.86. The van der Waals surface area contributed by atoms with Gasteiger partial charge in [0.15, 0.2) is 10.8 Å². The summed E-state index contributed by atoms with van der Waals surface area (Å²) >= 11 is 4.76. The molecule has 1 aromatic carbocycles. The van der Waals surface area contributed by atoms with Crippen molar-refractivity contribution in [2.75, 3.05) is 26.4 Å². The first kappa shape index (κ1) is 26.9. The van der Waals surface area contributed by atoms with Crippen LogP contribution in [-0.2, 0) is 19.1 Å². The number of fused-ring (bicyclic) bond motifs is 2. The molecule has 4 heterocycles. The first-order valence-corrected chi connectivity index (χ1v) is 14.2. The molecule has 4 atom stereocenters. The number of morpholine rings is 1. The van der Waals surface area contributed by atoms with E-state index >= 15 is 0 Å². The zero-order chi connectivity index (χ0) is 26.8. The van der Waals surface area contributed by atoms with E-state index in [4.69, 9.17) is 14.5 Å². The van der Waals surface area contributed by atoms with Crippen molar-refractivity contribution in [3.63, 3.8) is 0 Å². The summed E-state index contributed by atoms with van der Waals surface area (Å²) in [5, 5.41) is 15.2. The highest BCUT2D eigenvalue weighted by Crippen LogP contribution is 2.39. The first-order chi connectivity index (χ1) is 18.4. The summed E-state index contributed by atoms with van der Waals surface area (Å²) in [4.78, 5) is 36.3. The maximum absolute atomic E-state index is 14.6. The molecule has 2 aromatic rings. The molecule has 3 aliphatic rings. The van der Waals surface area contributed by atoms with Gasteiger partial charge in [-0.25, -0.2) is 14.2 Å². The number of aliphatic imine (C=N–C) groups is 1. The van der Waals surface area contributed by atoms with Gasteiger partial charge in [-0.3, -0.25) is 14.7 Å². The molecule has 2 fully saturated rings. The fourth-order valence-corrected chi connectivity index (χ4v) is 6.60. The van der Waals surface area contributed by atoms with Crippen LogP contribution in [0.3, 0.4) is 0 Å². The Morgan fingerprint density at radius 1 is 1.32 bits per heavy atom. The average molecular weight is 608 g/mol. The van der Waals surface area contributed by atoms with Gasteiger partial charge in [-0.2, -0.15) is 0 Å². The molecular formula is C26H28BrFN4O5S. The summed E-state index contributed by atoms with van der Waals surface area (Å²) in [6.45, 7) is 3.26. The van der Waals surface area contributed by atoms with Crippen LogP contribution in [0.4, 0.5) is 4.39 Å². The normalized spacial score (nSPS) is 25.5. The zero-order valence-electron chi connectivity index (χ0n) is 20.7. The van der Waals surface area contributed by atoms with Crippen molar-refractivity contribution in [2.45, 2.75) is 44.3 Å². The van der Waals surface area contributed by atoms with Crippen LogP contribution >= 0.6 is 27.3 Å². The quantitative estimate of drug-likeness (QED) is 0.435. The number of halogens is 2. The third-order valence-electron chi connectivity index (χ3n) is 7.11. The van der Waals surface area contributed by atoms with Crippen LogP contribution in [-0.4, -0.2) is 71.2 Å². The van der Waals surface area contributed by atoms with Crippen LogP contribution in [0.2, 0.25) is 0 Å². The van der Waals surface area contributed by atoms with Crippen molar-refractivity contribution < 1.29 is 28.6 Å². The van der Waals surface area contributed by atoms with Crippen molar-refractivity contribution >= 4 is 45.0 Å². The second-order valence-electron chi connectivity index (χ2n) is 9.55. The van der Waals surface area contributed by atoms with E-state index in [0.29, 0.717) is 60.3 Å². The summed E-state index contributed by atoms with van der Waals surface area (Å²) in [6.07, 6.45) is 3.19. The van der Waals surface area contributed by atoms with E-state index in [1.165, 1.54) is 17.4 Å². The number of carboxylic acid groups (broad SMARTS) is 1. The van der Waals surface area contributed by atoms with E-state index in [-0.39, 0.29) is 35.5 Å². The summed E-state index contributed by atoms with van der Waals surface area (Å²) < 4.78 is 26.1. The average Bonchev–Trinajstić information content (AvgIpc) is 3.41. The molecule has 3 aliphatic heterocycles. The van der Waals surface area contributed by atoms with Crippen molar-refractivity contribution in [1.82, 2.24) is 15.2 Å². The molecule has 0 amide bonds. The van der Waals surface area contributed by atoms with Crippen molar-refractivity contribution in [2.24, 2.45) is 10.9 Å². The van der Waals surface area contributed by atoms with Gasteiger partial charge < -0.3 is 19.9 Å². The molecule has 0 aliphatic carbocycles. The molecule has 2 N–H and O–H groups in total. The number of rotatable bonds is 8. The van der Waals surface area contributed by atoms with Gasteiger partial charge in [-0.05, 0) is 53.2 Å². The van der Waals surface area contributed by atoms with Crippen LogP contribution in [0.15, 0.2) is 50.5 Å². The van der Waals surface area contributed by atoms with Crippen molar-refractivity contribution in [3.8, 4) is 0 Å². The number of amidine groups is 1. The third kappa shape index (κ3) is 5.54. The minimum atomic E-state index is -0.824. The minimum absolute atomic E-state index is 0.00568. The topological polar surface area (TPSA) is 113 Å². The van der Waals surface area contributed by atoms with Crippen molar-refractivity contribution in [3.05, 3.63) is 61.9 Å². The third-order valence-corrected chi connectivity index (χ3v) is 8.72. The lowest BCUT2D eigenvalue weighted by Gasteiger charge is -2.49. The van der Waals surface area contributed by atoms with E-state index < -0.39 is 23.8 Å². The Bertz CT molecular complexity index is 1260. The van der Waals surface area contributed by atoms with Crippen LogP contribution in [0.5, 0.6) is 0 Å². The predicted molar refractivity (Wildman–Crippen MR) is 142 cm³/mol. The number of aliphatic carboxylic acids is 1. The number of nitrogens with one attached hydrogen (secondary N) is 1. The number of nitrogens with zero attached hydrogens (tertiary/aromatic N) is 3. The lowest BCUT2D eigenvalue weighted by molar-refractivity contribution is -0.141. The zero-order valence-corrected chi connectivity index (χ0v) is 23.1. The number of thiazole rings is 1. The molecule has 202 valence electrons. The number of aromatic nitrogens is 1. The Kier molecular flexibility index (Phi) is 8.22. The van der Waals surface area contributed by atoms with Gasteiger partial charge in [0.1, 0.15) is 11.9 Å². The number of hydrogen-bond donors (Lipinski definition) is 2. The van der Waals surface area contributed by atoms with E-state index in [2.05, 4.69) is 31.1 Å². The lowest BCUT2D eigenvalue weighted by atomic mass is 9.82. The van der Waals surface area contributed by atoms with Crippen LogP contribution in [0.25, 0.3) is 0 Å². The molecule has 2 bridgehead atoms. The highest BCUT2D eigenvalue weighted by molar-refractivity contribution is 9.10. The Labute approximate surface area is 231 Å². The van der Waals surface area contributed by atoms with E-state index in [0.717, 1.165) is 0 Å². The predicted octanol–water partition coefficient (Wildman–Crippen LogP) is 3.91. The van der Waals surface area contributed by atoms with Crippen LogP contribution < -0.4 is 5.32 Å². The highest BCUT2D eigenvalue weighted by atomic mass is 79.9. The Balaban J connectivity index is 1.56. The number of carbonyl (C=O) groups excluding carboxylic acids is 1. The summed E-state index contributed by atoms with van der Waals surface area (Å²) in [5.41, 5.74) is 1.42. The fraction of sp³-hybridized carbons (Fsp3) is 0.462. The minimum Gasteiger partial charge on any atom is -0.481 e. The van der Waals surface area contributed by atoms with Crippen LogP contribution in [0, 0.1) is 11.7 Å². The highest BCUT2D eigenvalue weighted by Gasteiger charge is 2.42. The number of esters is 1. The fourth-order valence-electron chi connectivity index (χ4n) is 5.53. The van der Waals surface area contributed by atoms with Gasteiger partial charge in [0.2, 0.25) is 0 Å². The second-order valence-corrected chi connectivity index (χ2v) is 11.2. The molecule has 0 saturated carbocycles. The van der Waals surface area contributed by atoms with Gasteiger partial charge >= 0.3 is 11.9 Å². The Morgan fingerprint density at radius 3 is 2.74 bits per heavy atom. The van der Waals surface area contributed by atoms with Crippen LogP contribution in [0.1, 0.15) is 42.8 Å². The van der Waals surface area contributed by atoms with E-state index in [1.54, 1.807) is 25.3 Å². The molecule has 1 aromatic heterocycles. The van der Waals surface area contributed by atoms with Gasteiger partial charge in [-0.1, -0.05) is 12.1 Å². The summed E-state index contributed by atoms with van der Waals surface area (Å²) in [5.74, 6) is -1.21. The van der Waals surface area contributed by atoms with Gasteiger partial charge in [0.25, 0.3) is 0 Å². The monoisotopic (exact) mass is 606 g/mol. The van der Waals surface area contributed by atoms with Gasteiger partial charge in [0.05, 0.1) is 29.9 Å². The first-order valence-electron chi connectivity index (χ1n) is 12.5. The SMILES string of the molecule is CCOC(=O)C1=C(CN2[C@@H]3COC[C@H]2CC(CC(=O)O)C3)NC(c2nccs2)=N[C@H]1c1cccc(F)c1Br. The number of hydrogen-bond acceptors (Lipinski definition) is 9. The molecule has 38 heavy (non-hydrogen) atoms. The molecule has 0 radical (unpaired) electrons. The maximum Gasteiger partial charge on any atom is 0.338 e. The van der Waals surface area contributed by atoms with Crippen molar-refractivity contribution in [1.29, 1.82) is 0 Å². The van der Waals surface area contributed by atoms with Gasteiger partial charge in [0, 0.05) is 42.3 Å². The molecule has 9 nitrogen and oxygen atoms in total. The van der Waals surface area contributed by atoms with E-state index in [9.17, 15) is 19.1 Å². The number of ether oxygens (including phenoxy) is 2. The largest absolute Gasteiger partial charge is 0.481 e. The smallest absolute Gasteiger partial charge is 0.338 e. The second kappa shape index (κ2) is 11.6. The molecule has 12 heteroatoms. The molecule has 0 spiro atoms. The number of carbonyl (C=O) groups is 2. The van der Waals surface area contributed by atoms with Gasteiger partial charge in [-0.15, -0.1) is 11.3 Å². The molecule has 1 unspecified atom stereocenters. The Hall–Kier alpha value is -2.67. The maximum atomic E-state index is 14.6. The standard InChI is InChI=1S/C26H28BrFN4O5S/c1-2-37-26(35)21-19(11-32-15-8-14(10-20(33)34)9-16(32)13-36-12-15)30-24(25-29-6-7-38-25)31-23(21)17-4-3-5-18(28)22(17)27/h3-7,14-16,23H,2,8-13H2,1H3,(H,30,31)(H,33,34)/t14?,15-,16+,23-/m0/s1. The number of carboxylic acids is 1. The molecule has 5 rings (SSSR count). The number of piperidine rings is 1.